The molecule has 3 fully saturated rings. The van der Waals surface area contributed by atoms with Gasteiger partial charge in [-0.15, -0.1) is 0 Å². The highest BCUT2D eigenvalue weighted by Gasteiger charge is 2.37. The Bertz CT molecular complexity index is 337. The summed E-state index contributed by atoms with van der Waals surface area (Å²) >= 11 is 0. The van der Waals surface area contributed by atoms with Gasteiger partial charge in [-0.25, -0.2) is 0 Å². The summed E-state index contributed by atoms with van der Waals surface area (Å²) in [5.41, 5.74) is 0. The predicted octanol–water partition coefficient (Wildman–Crippen LogP) is 2.76. The number of rotatable bonds is 3. The van der Waals surface area contributed by atoms with Crippen LogP contribution >= 0.6 is 0 Å². The van der Waals surface area contributed by atoms with Crippen LogP contribution in [-0.4, -0.2) is 48.6 Å². The van der Waals surface area contributed by atoms with Crippen molar-refractivity contribution in [3.63, 3.8) is 0 Å². The van der Waals surface area contributed by atoms with E-state index in [1.807, 2.05) is 0 Å². The first-order valence-corrected chi connectivity index (χ1v) is 8.53. The lowest BCUT2D eigenvalue weighted by atomic mass is 9.92. The molecule has 106 valence electrons. The molecule has 4 rings (SSSR count). The van der Waals surface area contributed by atoms with Gasteiger partial charge in [-0.05, 0) is 82.5 Å². The molecule has 2 saturated heterocycles. The van der Waals surface area contributed by atoms with Crippen LogP contribution in [0.1, 0.15) is 38.5 Å². The normalized spacial score (nSPS) is 40.5. The molecular formula is C17H28N2. The van der Waals surface area contributed by atoms with E-state index >= 15 is 0 Å². The Labute approximate surface area is 117 Å². The van der Waals surface area contributed by atoms with E-state index in [2.05, 4.69) is 22.0 Å². The van der Waals surface area contributed by atoms with Gasteiger partial charge in [0.1, 0.15) is 0 Å². The zero-order chi connectivity index (χ0) is 12.7. The minimum Gasteiger partial charge on any atom is -0.303 e. The fraction of sp³-hybridized carbons (Fsp3) is 0.882. The Kier molecular flexibility index (Phi) is 3.40. The van der Waals surface area contributed by atoms with Crippen LogP contribution in [0.3, 0.4) is 0 Å². The predicted molar refractivity (Wildman–Crippen MR) is 79.1 cm³/mol. The number of hydrogen-bond acceptors (Lipinski definition) is 2. The summed E-state index contributed by atoms with van der Waals surface area (Å²) in [7, 11) is 0. The zero-order valence-electron chi connectivity index (χ0n) is 12.1. The average molecular weight is 260 g/mol. The highest BCUT2D eigenvalue weighted by atomic mass is 15.2. The van der Waals surface area contributed by atoms with Crippen molar-refractivity contribution in [2.45, 2.75) is 44.6 Å². The SMILES string of the molecule is C1=C[C@H]2C[C@H]1C[C@@H]2CN1CCC(N2CCCC2)CC1. The molecule has 3 atom stereocenters. The lowest BCUT2D eigenvalue weighted by Gasteiger charge is -2.38. The van der Waals surface area contributed by atoms with Crippen molar-refractivity contribution < 1.29 is 0 Å². The topological polar surface area (TPSA) is 6.48 Å². The maximum Gasteiger partial charge on any atom is 0.0120 e. The molecule has 1 saturated carbocycles. The molecule has 2 aliphatic carbocycles. The van der Waals surface area contributed by atoms with E-state index in [4.69, 9.17) is 0 Å². The number of fused-ring (bicyclic) bond motifs is 2. The number of hydrogen-bond donors (Lipinski definition) is 0. The van der Waals surface area contributed by atoms with Crippen LogP contribution in [0.25, 0.3) is 0 Å². The molecule has 2 heterocycles. The second kappa shape index (κ2) is 5.21. The molecule has 0 radical (unpaired) electrons. The van der Waals surface area contributed by atoms with Crippen molar-refractivity contribution in [1.82, 2.24) is 9.80 Å². The van der Waals surface area contributed by atoms with E-state index in [9.17, 15) is 0 Å². The molecule has 0 aromatic carbocycles. The molecule has 0 aromatic rings. The Morgan fingerprint density at radius 2 is 1.68 bits per heavy atom. The zero-order valence-corrected chi connectivity index (χ0v) is 12.1. The van der Waals surface area contributed by atoms with Crippen LogP contribution < -0.4 is 0 Å². The number of piperidine rings is 1. The first kappa shape index (κ1) is 12.4. The molecule has 0 spiro atoms. The molecular weight excluding hydrogens is 232 g/mol. The smallest absolute Gasteiger partial charge is 0.0120 e. The van der Waals surface area contributed by atoms with Crippen LogP contribution in [0.4, 0.5) is 0 Å². The first-order valence-electron chi connectivity index (χ1n) is 8.53. The Balaban J connectivity index is 1.25. The summed E-state index contributed by atoms with van der Waals surface area (Å²) in [4.78, 5) is 5.53. The molecule has 0 amide bonds. The Morgan fingerprint density at radius 1 is 0.895 bits per heavy atom. The van der Waals surface area contributed by atoms with Gasteiger partial charge in [0, 0.05) is 12.6 Å². The highest BCUT2D eigenvalue weighted by Crippen LogP contribution is 2.43. The van der Waals surface area contributed by atoms with Crippen LogP contribution in [0, 0.1) is 17.8 Å². The van der Waals surface area contributed by atoms with Crippen LogP contribution in [0.15, 0.2) is 12.2 Å². The molecule has 0 aromatic heterocycles. The van der Waals surface area contributed by atoms with E-state index in [1.54, 1.807) is 0 Å². The standard InChI is InChI=1S/C17H28N2/c1-2-8-19(7-1)17-5-9-18(10-6-17)13-16-12-14-3-4-15(16)11-14/h3-4,14-17H,1-2,5-13H2/t14-,15-,16+/m0/s1. The quantitative estimate of drug-likeness (QED) is 0.720. The molecule has 2 heteroatoms. The van der Waals surface area contributed by atoms with Crippen LogP contribution in [0.2, 0.25) is 0 Å². The molecule has 2 nitrogen and oxygen atoms in total. The van der Waals surface area contributed by atoms with E-state index in [0.29, 0.717) is 0 Å². The van der Waals surface area contributed by atoms with Crippen molar-refractivity contribution in [3.05, 3.63) is 12.2 Å². The van der Waals surface area contributed by atoms with Gasteiger partial charge in [-0.3, -0.25) is 0 Å². The molecule has 2 bridgehead atoms. The van der Waals surface area contributed by atoms with E-state index in [0.717, 1.165) is 23.8 Å². The number of likely N-dealkylation sites (tertiary alicyclic amines) is 2. The summed E-state index contributed by atoms with van der Waals surface area (Å²) in [6.07, 6.45) is 13.7. The van der Waals surface area contributed by atoms with Gasteiger partial charge in [0.15, 0.2) is 0 Å². The molecule has 0 N–H and O–H groups in total. The van der Waals surface area contributed by atoms with Gasteiger partial charge in [0.25, 0.3) is 0 Å². The third kappa shape index (κ3) is 2.50. The molecule has 0 unspecified atom stereocenters. The Hall–Kier alpha value is -0.340. The van der Waals surface area contributed by atoms with Gasteiger partial charge in [0.2, 0.25) is 0 Å². The van der Waals surface area contributed by atoms with Gasteiger partial charge >= 0.3 is 0 Å². The van der Waals surface area contributed by atoms with E-state index < -0.39 is 0 Å². The first-order chi connectivity index (χ1) is 9.38. The summed E-state index contributed by atoms with van der Waals surface area (Å²) in [6.45, 7) is 6.86. The summed E-state index contributed by atoms with van der Waals surface area (Å²) in [5, 5.41) is 0. The fourth-order valence-corrected chi connectivity index (χ4v) is 5.01. The second-order valence-electron chi connectivity index (χ2n) is 7.32. The average Bonchev–Trinajstić information content (AvgIpc) is 3.17. The van der Waals surface area contributed by atoms with E-state index in [1.165, 1.54) is 71.2 Å². The van der Waals surface area contributed by atoms with Crippen molar-refractivity contribution in [2.24, 2.45) is 17.8 Å². The maximum atomic E-state index is 2.77. The Morgan fingerprint density at radius 3 is 2.32 bits per heavy atom. The van der Waals surface area contributed by atoms with Gasteiger partial charge in [-0.1, -0.05) is 12.2 Å². The summed E-state index contributed by atoms with van der Waals surface area (Å²) < 4.78 is 0. The summed E-state index contributed by atoms with van der Waals surface area (Å²) in [5.74, 6) is 2.86. The van der Waals surface area contributed by atoms with Crippen molar-refractivity contribution >= 4 is 0 Å². The minimum atomic E-state index is 0.915. The third-order valence-corrected chi connectivity index (χ3v) is 6.12. The number of nitrogens with zero attached hydrogens (tertiary/aromatic N) is 2. The second-order valence-corrected chi connectivity index (χ2v) is 7.32. The van der Waals surface area contributed by atoms with Crippen LogP contribution in [-0.2, 0) is 0 Å². The van der Waals surface area contributed by atoms with E-state index in [-0.39, 0.29) is 0 Å². The largest absolute Gasteiger partial charge is 0.303 e. The van der Waals surface area contributed by atoms with Crippen LogP contribution in [0.5, 0.6) is 0 Å². The fourth-order valence-electron chi connectivity index (χ4n) is 5.01. The van der Waals surface area contributed by atoms with Crippen molar-refractivity contribution in [1.29, 1.82) is 0 Å². The number of allylic oxidation sites excluding steroid dienone is 2. The third-order valence-electron chi connectivity index (χ3n) is 6.12. The van der Waals surface area contributed by atoms with Crippen molar-refractivity contribution in [2.75, 3.05) is 32.7 Å². The van der Waals surface area contributed by atoms with Gasteiger partial charge < -0.3 is 9.80 Å². The van der Waals surface area contributed by atoms with Gasteiger partial charge in [-0.2, -0.15) is 0 Å². The van der Waals surface area contributed by atoms with Gasteiger partial charge in [0.05, 0.1) is 0 Å². The summed E-state index contributed by atoms with van der Waals surface area (Å²) in [6, 6.07) is 0.915. The monoisotopic (exact) mass is 260 g/mol. The van der Waals surface area contributed by atoms with Crippen molar-refractivity contribution in [3.8, 4) is 0 Å². The lowest BCUT2D eigenvalue weighted by Crippen LogP contribution is -2.45. The maximum absolute atomic E-state index is 2.77. The highest BCUT2D eigenvalue weighted by molar-refractivity contribution is 5.10. The molecule has 2 aliphatic heterocycles. The molecule has 4 aliphatic rings. The lowest BCUT2D eigenvalue weighted by molar-refractivity contribution is 0.111. The minimum absolute atomic E-state index is 0.915. The molecule has 19 heavy (non-hydrogen) atoms.